The van der Waals surface area contributed by atoms with E-state index in [1.165, 1.54) is 0 Å². The van der Waals surface area contributed by atoms with Gasteiger partial charge in [-0.15, -0.1) is 0 Å². The van der Waals surface area contributed by atoms with Crippen LogP contribution >= 0.6 is 0 Å². The van der Waals surface area contributed by atoms with Crippen molar-refractivity contribution in [2.75, 3.05) is 45.4 Å². The van der Waals surface area contributed by atoms with Crippen LogP contribution in [0.1, 0.15) is 88.1 Å². The van der Waals surface area contributed by atoms with E-state index in [0.717, 1.165) is 84.2 Å². The zero-order chi connectivity index (χ0) is 58.8. The van der Waals surface area contributed by atoms with Crippen molar-refractivity contribution in [1.29, 1.82) is 0 Å². The number of pyridine rings is 1. The number of benzene rings is 2. The van der Waals surface area contributed by atoms with Crippen LogP contribution in [0.25, 0.3) is 11.3 Å². The van der Waals surface area contributed by atoms with Gasteiger partial charge >= 0.3 is 24.5 Å². The van der Waals surface area contributed by atoms with E-state index in [1.807, 2.05) is 22.8 Å². The molecule has 1 saturated carbocycles. The van der Waals surface area contributed by atoms with Crippen LogP contribution in [0.2, 0.25) is 0 Å². The van der Waals surface area contributed by atoms with Crippen molar-refractivity contribution in [3.05, 3.63) is 101 Å². The van der Waals surface area contributed by atoms with Gasteiger partial charge in [-0.1, -0.05) is 24.0 Å². The van der Waals surface area contributed by atoms with Crippen LogP contribution in [0.15, 0.2) is 67.0 Å². The molecule has 2 aromatic carbocycles. The fourth-order valence-corrected chi connectivity index (χ4v) is 10.4. The maximum atomic E-state index is 16.2. The van der Waals surface area contributed by atoms with Crippen LogP contribution in [0, 0.1) is 34.3 Å². The molecule has 81 heavy (non-hydrogen) atoms. The topological polar surface area (TPSA) is 202 Å². The van der Waals surface area contributed by atoms with Gasteiger partial charge in [0.25, 0.3) is 0 Å². The summed E-state index contributed by atoms with van der Waals surface area (Å²) in [6.07, 6.45) is -9.97. The predicted octanol–water partition coefficient (Wildman–Crippen LogP) is 7.14. The minimum Gasteiger partial charge on any atom is -0.453 e. The highest BCUT2D eigenvalue weighted by Gasteiger charge is 2.57. The Morgan fingerprint density at radius 3 is 1.74 bits per heavy atom. The zero-order valence-electron chi connectivity index (χ0n) is 45.4. The lowest BCUT2D eigenvalue weighted by atomic mass is 9.82. The number of aromatic nitrogens is 3. The first-order valence-corrected chi connectivity index (χ1v) is 26.5. The van der Waals surface area contributed by atoms with E-state index in [0.29, 0.717) is 62.5 Å². The molecule has 4 fully saturated rings. The number of hydrogen-bond donors (Lipinski definition) is 5. The van der Waals surface area contributed by atoms with E-state index >= 15 is 8.78 Å². The molecule has 3 aliphatic heterocycles. The molecule has 3 saturated heterocycles. The maximum absolute atomic E-state index is 16.2. The van der Waals surface area contributed by atoms with Gasteiger partial charge in [-0.05, 0) is 121 Å². The van der Waals surface area contributed by atoms with Gasteiger partial charge in [-0.25, -0.2) is 23.4 Å². The zero-order valence-corrected chi connectivity index (χ0v) is 45.4. The Morgan fingerprint density at radius 2 is 1.25 bits per heavy atom. The number of hydrogen-bond acceptors (Lipinski definition) is 12. The number of alkyl halides is 6. The third kappa shape index (κ3) is 13.8. The lowest BCUT2D eigenvalue weighted by Crippen LogP contribution is -2.62. The monoisotopic (exact) mass is 1140 g/mol. The molecular weight excluding hydrogens is 1080 g/mol. The van der Waals surface area contributed by atoms with Gasteiger partial charge in [-0.2, -0.15) is 31.4 Å². The number of fused-ring (bicyclic) bond motifs is 2. The van der Waals surface area contributed by atoms with Crippen molar-refractivity contribution in [3.63, 3.8) is 0 Å². The Morgan fingerprint density at radius 1 is 0.716 bits per heavy atom. The third-order valence-corrected chi connectivity index (χ3v) is 15.8. The number of aliphatic hydroxyl groups excluding tert-OH is 1. The summed E-state index contributed by atoms with van der Waals surface area (Å²) >= 11 is 0. The van der Waals surface area contributed by atoms with E-state index in [2.05, 4.69) is 46.8 Å². The van der Waals surface area contributed by atoms with E-state index in [9.17, 15) is 50.6 Å². The second-order valence-electron chi connectivity index (χ2n) is 22.2. The predicted molar refractivity (Wildman–Crippen MR) is 278 cm³/mol. The first-order valence-electron chi connectivity index (χ1n) is 26.5. The summed E-state index contributed by atoms with van der Waals surface area (Å²) < 4.78 is 136. The summed E-state index contributed by atoms with van der Waals surface area (Å²) in [7, 11) is 1.69. The van der Waals surface area contributed by atoms with E-state index in [-0.39, 0.29) is 17.3 Å². The van der Waals surface area contributed by atoms with Crippen LogP contribution in [0.4, 0.5) is 50.5 Å². The number of carbonyl (C=O) groups excluding carboxylic acids is 4. The lowest BCUT2D eigenvalue weighted by Gasteiger charge is -2.47. The van der Waals surface area contributed by atoms with Gasteiger partial charge < -0.3 is 45.5 Å². The Labute approximate surface area is 462 Å². The summed E-state index contributed by atoms with van der Waals surface area (Å²) in [6, 6.07) is 6.73. The van der Waals surface area contributed by atoms with Crippen LogP contribution in [-0.2, 0) is 36.6 Å². The Bertz CT molecular complexity index is 2940. The fraction of sp³-hybridized carbons (Fsp3) is 0.536. The summed E-state index contributed by atoms with van der Waals surface area (Å²) in [5.41, 5.74) is -5.02. The molecule has 438 valence electrons. The lowest BCUT2D eigenvalue weighted by molar-refractivity contribution is -0.221. The second kappa shape index (κ2) is 24.2. The number of nitrogens with one attached hydrogen (secondary N) is 4. The molecule has 2 bridgehead atoms. The highest BCUT2D eigenvalue weighted by molar-refractivity contribution is 5.87. The summed E-state index contributed by atoms with van der Waals surface area (Å²) in [4.78, 5) is 62.7. The molecule has 1 aliphatic carbocycles. The number of carbonyl (C=O) groups is 4. The van der Waals surface area contributed by atoms with Crippen LogP contribution in [0.3, 0.4) is 0 Å². The molecule has 4 aromatic rings. The largest absolute Gasteiger partial charge is 0.453 e. The average Bonchev–Trinajstić information content (AvgIpc) is 4.14. The molecule has 25 heteroatoms. The quantitative estimate of drug-likeness (QED) is 0.0470. The molecule has 7 atom stereocenters. The van der Waals surface area contributed by atoms with Crippen LogP contribution in [-0.4, -0.2) is 150 Å². The van der Waals surface area contributed by atoms with Crippen molar-refractivity contribution < 1.29 is 73.6 Å². The van der Waals surface area contributed by atoms with Crippen molar-refractivity contribution in [2.24, 2.45) is 10.8 Å². The van der Waals surface area contributed by atoms with Crippen LogP contribution < -0.4 is 26.2 Å². The standard InChI is InChI=1S/C56H65F8N9O8/c1-53(2,55(59,60)61)47(68-51(77)79-5)49(75)66-35(24-40-41(57)22-34(23-42(40)58)43-19-20-72(70-43)36-14-15-36)25-45(74)44(67-50(76)48(69-52(78)80-6)54(3,4)56(62,63)64)21-32-10-7-31(8-11-32)9-12-33-13-18-46(65-26-33)71-27-37-16-17-38(28-71)73(37)39-29-81-30-39/h7-8,10-11,13,18-20,22-23,26,35-39,44-45,47-48,74H,14-17,21,24-25,27-30H2,1-6H3,(H,66,75)(H,67,76)(H,68,77)(H,69,78)/t35?,37?,38?,44-,45-,47+,48+/m0/s1. The van der Waals surface area contributed by atoms with Gasteiger partial charge in [0.2, 0.25) is 11.8 Å². The average molecular weight is 1140 g/mol. The maximum Gasteiger partial charge on any atom is 0.407 e. The number of ether oxygens (including phenoxy) is 3. The van der Waals surface area contributed by atoms with Crippen LogP contribution in [0.5, 0.6) is 0 Å². The summed E-state index contributed by atoms with van der Waals surface area (Å²) in [5, 5.41) is 25.0. The number of methoxy groups -OCH3 is 2. The Balaban J connectivity index is 1.07. The first kappa shape index (κ1) is 60.1. The minimum atomic E-state index is -5.16. The summed E-state index contributed by atoms with van der Waals surface area (Å²) in [5.74, 6) is 1.59. The fourth-order valence-electron chi connectivity index (χ4n) is 10.4. The number of amides is 4. The van der Waals surface area contributed by atoms with Gasteiger partial charge in [0.05, 0.1) is 68.2 Å². The minimum absolute atomic E-state index is 0.0253. The molecule has 4 aliphatic rings. The van der Waals surface area contributed by atoms with Crippen molar-refractivity contribution in [3.8, 4) is 23.1 Å². The number of nitrogens with zero attached hydrogens (tertiary/aromatic N) is 5. The molecule has 0 radical (unpaired) electrons. The van der Waals surface area contributed by atoms with E-state index < -0.39 is 114 Å². The summed E-state index contributed by atoms with van der Waals surface area (Å²) in [6.45, 7) is 5.73. The van der Waals surface area contributed by atoms with Crippen molar-refractivity contribution >= 4 is 29.8 Å². The number of piperazine rings is 1. The molecule has 3 unspecified atom stereocenters. The smallest absolute Gasteiger partial charge is 0.407 e. The molecule has 8 rings (SSSR count). The number of alkyl carbamates (subject to hydrolysis) is 2. The molecule has 2 aromatic heterocycles. The van der Waals surface area contributed by atoms with Gasteiger partial charge in [0.1, 0.15) is 29.5 Å². The van der Waals surface area contributed by atoms with E-state index in [1.54, 1.807) is 47.4 Å². The van der Waals surface area contributed by atoms with Gasteiger partial charge in [-0.3, -0.25) is 19.2 Å². The molecule has 4 amide bonds. The number of aliphatic hydroxyl groups is 1. The number of rotatable bonds is 19. The third-order valence-electron chi connectivity index (χ3n) is 15.8. The number of halogens is 8. The first-order chi connectivity index (χ1) is 38.2. The molecule has 17 nitrogen and oxygen atoms in total. The molecule has 5 heterocycles. The Kier molecular flexibility index (Phi) is 17.9. The van der Waals surface area contributed by atoms with Crippen molar-refractivity contribution in [1.82, 2.24) is 40.9 Å². The highest BCUT2D eigenvalue weighted by Crippen LogP contribution is 2.43. The Hall–Kier alpha value is -7.04. The second-order valence-corrected chi connectivity index (χ2v) is 22.2. The molecular formula is C56H65F8N9O8. The van der Waals surface area contributed by atoms with E-state index in [4.69, 9.17) is 9.72 Å². The highest BCUT2D eigenvalue weighted by atomic mass is 19.4. The normalized spacial score (nSPS) is 19.7. The molecule has 5 N–H and O–H groups in total. The van der Waals surface area contributed by atoms with Crippen molar-refractivity contribution in [2.45, 2.75) is 139 Å². The SMILES string of the molecule is COC(=O)N[C@H](C(=O)NC(Cc1c(F)cc(-c2ccn(C3CC3)n2)cc1F)C[C@H](O)[C@H](Cc1ccc(C#Cc2ccc(N3CC4CCC(C3)N4C3COC3)nc2)cc1)NC(=O)[C@@H](NC(=O)OC)C(C)(C)C(F)(F)F)C(C)(C)C(F)(F)F. The molecule has 0 spiro atoms. The van der Waals surface area contributed by atoms with Gasteiger partial charge in [0, 0.05) is 65.9 Å². The van der Waals surface area contributed by atoms with Gasteiger partial charge in [0.15, 0.2) is 0 Å². The number of anilines is 1.